The zero-order valence-electron chi connectivity index (χ0n) is 10.7. The lowest BCUT2D eigenvalue weighted by Crippen LogP contribution is -2.35. The molecule has 0 fully saturated rings. The first-order valence-electron chi connectivity index (χ1n) is 5.83. The number of carbonyl (C=O) groups is 1. The van der Waals surface area contributed by atoms with Crippen LogP contribution in [0.3, 0.4) is 0 Å². The van der Waals surface area contributed by atoms with Crippen molar-refractivity contribution in [3.05, 3.63) is 35.4 Å². The van der Waals surface area contributed by atoms with E-state index in [-0.39, 0.29) is 18.2 Å². The largest absolute Gasteiger partial charge is 0.465 e. The Labute approximate surface area is 105 Å². The van der Waals surface area contributed by atoms with Gasteiger partial charge in [-0.25, -0.2) is 13.6 Å². The summed E-state index contributed by atoms with van der Waals surface area (Å²) < 4.78 is 31.4. The van der Waals surface area contributed by atoms with Crippen molar-refractivity contribution in [3.63, 3.8) is 0 Å². The van der Waals surface area contributed by atoms with Gasteiger partial charge < -0.3 is 4.74 Å². The summed E-state index contributed by atoms with van der Waals surface area (Å²) in [4.78, 5) is 11.8. The minimum Gasteiger partial charge on any atom is -0.465 e. The van der Waals surface area contributed by atoms with Crippen molar-refractivity contribution in [1.29, 1.82) is 0 Å². The molecular weight excluding hydrogens is 240 g/mol. The molecule has 1 aromatic carbocycles. The number of nitrogens with one attached hydrogen (secondary N) is 1. The van der Waals surface area contributed by atoms with Gasteiger partial charge in [0.2, 0.25) is 0 Å². The highest BCUT2D eigenvalue weighted by Gasteiger charge is 2.25. The third kappa shape index (κ3) is 3.77. The second kappa shape index (κ2) is 6.44. The maximum absolute atomic E-state index is 13.7. The second-order valence-electron chi connectivity index (χ2n) is 4.17. The number of hydrogen-bond donors (Lipinski definition) is 1. The first kappa shape index (κ1) is 14.6. The summed E-state index contributed by atoms with van der Waals surface area (Å²) in [6, 6.07) is 2.16. The zero-order valence-corrected chi connectivity index (χ0v) is 10.7. The van der Waals surface area contributed by atoms with Gasteiger partial charge in [0.05, 0.1) is 6.61 Å². The fraction of sp³-hybridized carbons (Fsp3) is 0.462. The van der Waals surface area contributed by atoms with E-state index in [2.05, 4.69) is 5.32 Å². The van der Waals surface area contributed by atoms with Crippen LogP contribution in [0.25, 0.3) is 0 Å². The molecule has 0 saturated heterocycles. The SMILES string of the molecule is CCOC(=O)C(NC(C)C)c1ccc(F)cc1F. The van der Waals surface area contributed by atoms with Gasteiger partial charge in [-0.05, 0) is 26.8 Å². The average Bonchev–Trinajstić information content (AvgIpc) is 2.26. The maximum atomic E-state index is 13.7. The summed E-state index contributed by atoms with van der Waals surface area (Å²) in [5.74, 6) is -2.01. The molecule has 3 nitrogen and oxygen atoms in total. The molecule has 0 aliphatic carbocycles. The standard InChI is InChI=1S/C13H17F2NO2/c1-4-18-13(17)12(16-8(2)3)10-6-5-9(14)7-11(10)15/h5-8,12,16H,4H2,1-3H3. The summed E-state index contributed by atoms with van der Waals surface area (Å²) in [7, 11) is 0. The van der Waals surface area contributed by atoms with Gasteiger partial charge in [-0.1, -0.05) is 6.07 Å². The van der Waals surface area contributed by atoms with Crippen LogP contribution in [0.15, 0.2) is 18.2 Å². The molecule has 1 atom stereocenters. The topological polar surface area (TPSA) is 38.3 Å². The molecule has 1 unspecified atom stereocenters. The van der Waals surface area contributed by atoms with E-state index in [9.17, 15) is 13.6 Å². The molecule has 0 amide bonds. The Morgan fingerprint density at radius 1 is 1.39 bits per heavy atom. The Kier molecular flexibility index (Phi) is 5.22. The van der Waals surface area contributed by atoms with E-state index in [0.717, 1.165) is 12.1 Å². The minimum absolute atomic E-state index is 0.0381. The van der Waals surface area contributed by atoms with Crippen LogP contribution in [0, 0.1) is 11.6 Å². The van der Waals surface area contributed by atoms with E-state index in [1.165, 1.54) is 6.07 Å². The molecule has 0 spiro atoms. The van der Waals surface area contributed by atoms with E-state index in [1.54, 1.807) is 6.92 Å². The Morgan fingerprint density at radius 2 is 2.06 bits per heavy atom. The zero-order chi connectivity index (χ0) is 13.7. The quantitative estimate of drug-likeness (QED) is 0.824. The van der Waals surface area contributed by atoms with Crippen LogP contribution in [0.4, 0.5) is 8.78 Å². The number of halogens is 2. The van der Waals surface area contributed by atoms with Gasteiger partial charge in [0, 0.05) is 17.7 Å². The number of ether oxygens (including phenoxy) is 1. The predicted octanol–water partition coefficient (Wildman–Crippen LogP) is 2.57. The molecule has 0 bridgehead atoms. The van der Waals surface area contributed by atoms with E-state index in [4.69, 9.17) is 4.74 Å². The number of benzene rings is 1. The van der Waals surface area contributed by atoms with Crippen LogP contribution in [-0.4, -0.2) is 18.6 Å². The smallest absolute Gasteiger partial charge is 0.327 e. The Morgan fingerprint density at radius 3 is 2.56 bits per heavy atom. The van der Waals surface area contributed by atoms with E-state index < -0.39 is 23.6 Å². The Bertz CT molecular complexity index is 421. The van der Waals surface area contributed by atoms with Crippen LogP contribution in [0.5, 0.6) is 0 Å². The van der Waals surface area contributed by atoms with Crippen LogP contribution < -0.4 is 5.32 Å². The summed E-state index contributed by atoms with van der Waals surface area (Å²) in [6.45, 7) is 5.53. The van der Waals surface area contributed by atoms with Crippen molar-refractivity contribution in [2.24, 2.45) is 0 Å². The monoisotopic (exact) mass is 257 g/mol. The van der Waals surface area contributed by atoms with E-state index in [1.807, 2.05) is 13.8 Å². The molecule has 1 N–H and O–H groups in total. The molecule has 0 saturated carbocycles. The molecule has 0 radical (unpaired) electrons. The van der Waals surface area contributed by atoms with Gasteiger partial charge in [0.15, 0.2) is 0 Å². The van der Waals surface area contributed by atoms with Gasteiger partial charge in [-0.3, -0.25) is 5.32 Å². The van der Waals surface area contributed by atoms with Crippen LogP contribution in [-0.2, 0) is 9.53 Å². The first-order chi connectivity index (χ1) is 8.45. The highest BCUT2D eigenvalue weighted by Crippen LogP contribution is 2.20. The predicted molar refractivity (Wildman–Crippen MR) is 64.0 cm³/mol. The van der Waals surface area contributed by atoms with Crippen molar-refractivity contribution in [2.75, 3.05) is 6.61 Å². The van der Waals surface area contributed by atoms with Crippen molar-refractivity contribution in [1.82, 2.24) is 5.32 Å². The number of rotatable bonds is 5. The third-order valence-corrected chi connectivity index (χ3v) is 2.30. The summed E-state index contributed by atoms with van der Waals surface area (Å²) in [5.41, 5.74) is 0.0866. The molecule has 0 aliphatic heterocycles. The lowest BCUT2D eigenvalue weighted by molar-refractivity contribution is -0.146. The van der Waals surface area contributed by atoms with Gasteiger partial charge in [-0.15, -0.1) is 0 Å². The fourth-order valence-corrected chi connectivity index (χ4v) is 1.58. The molecule has 100 valence electrons. The van der Waals surface area contributed by atoms with Crippen molar-refractivity contribution >= 4 is 5.97 Å². The van der Waals surface area contributed by atoms with Gasteiger partial charge >= 0.3 is 5.97 Å². The lowest BCUT2D eigenvalue weighted by Gasteiger charge is -2.20. The number of hydrogen-bond acceptors (Lipinski definition) is 3. The van der Waals surface area contributed by atoms with Crippen LogP contribution in [0.1, 0.15) is 32.4 Å². The van der Waals surface area contributed by atoms with E-state index >= 15 is 0 Å². The van der Waals surface area contributed by atoms with Crippen LogP contribution >= 0.6 is 0 Å². The fourth-order valence-electron chi connectivity index (χ4n) is 1.58. The van der Waals surface area contributed by atoms with Gasteiger partial charge in [0.25, 0.3) is 0 Å². The minimum atomic E-state index is -0.925. The summed E-state index contributed by atoms with van der Waals surface area (Å²) >= 11 is 0. The first-order valence-corrected chi connectivity index (χ1v) is 5.83. The molecule has 0 aromatic heterocycles. The van der Waals surface area contributed by atoms with Crippen LogP contribution in [0.2, 0.25) is 0 Å². The van der Waals surface area contributed by atoms with Crippen molar-refractivity contribution in [2.45, 2.75) is 32.9 Å². The molecule has 18 heavy (non-hydrogen) atoms. The molecule has 1 aromatic rings. The molecule has 0 aliphatic rings. The maximum Gasteiger partial charge on any atom is 0.327 e. The molecule has 1 rings (SSSR count). The highest BCUT2D eigenvalue weighted by atomic mass is 19.1. The second-order valence-corrected chi connectivity index (χ2v) is 4.17. The third-order valence-electron chi connectivity index (χ3n) is 2.30. The Hall–Kier alpha value is -1.49. The number of carbonyl (C=O) groups excluding carboxylic acids is 1. The van der Waals surface area contributed by atoms with Gasteiger partial charge in [-0.2, -0.15) is 0 Å². The lowest BCUT2D eigenvalue weighted by atomic mass is 10.1. The van der Waals surface area contributed by atoms with Crippen molar-refractivity contribution in [3.8, 4) is 0 Å². The highest BCUT2D eigenvalue weighted by molar-refractivity contribution is 5.77. The molecule has 5 heteroatoms. The summed E-state index contributed by atoms with van der Waals surface area (Å²) in [6.07, 6.45) is 0. The van der Waals surface area contributed by atoms with Gasteiger partial charge in [0.1, 0.15) is 17.7 Å². The molecular formula is C13H17F2NO2. The van der Waals surface area contributed by atoms with Crippen molar-refractivity contribution < 1.29 is 18.3 Å². The number of esters is 1. The van der Waals surface area contributed by atoms with E-state index in [0.29, 0.717) is 0 Å². The molecule has 0 heterocycles. The Balaban J connectivity index is 3.04. The summed E-state index contributed by atoms with van der Waals surface area (Å²) in [5, 5.41) is 2.90. The normalized spacial score (nSPS) is 12.6. The average molecular weight is 257 g/mol.